The van der Waals surface area contributed by atoms with Crippen LogP contribution in [0.15, 0.2) is 24.3 Å². The molecule has 0 bridgehead atoms. The van der Waals surface area contributed by atoms with Crippen molar-refractivity contribution in [3.8, 4) is 0 Å². The van der Waals surface area contributed by atoms with Gasteiger partial charge in [0.15, 0.2) is 0 Å². The molecule has 0 radical (unpaired) electrons. The van der Waals surface area contributed by atoms with Gasteiger partial charge in [0.2, 0.25) is 5.91 Å². The average molecular weight is 483 g/mol. The standard InChI is InChI=1S/C23H36N3O6P/c1-4-7-16-30-22(28)26-14-12-25(13-15-26)21(27)20(24)17-18-8-10-19(11-9-18)23(33-29,31-5-2)32-6-3/h8-11,20H,4-7,12-17,24H2,1-3H3/p+1. The van der Waals surface area contributed by atoms with Crippen LogP contribution < -0.4 is 5.73 Å². The third-order valence-corrected chi connectivity index (χ3v) is 6.36. The van der Waals surface area contributed by atoms with E-state index in [1.807, 2.05) is 32.9 Å². The van der Waals surface area contributed by atoms with E-state index in [4.69, 9.17) is 19.9 Å². The van der Waals surface area contributed by atoms with Gasteiger partial charge in [-0.3, -0.25) is 4.79 Å². The molecule has 2 atom stereocenters. The number of amides is 2. The molecule has 10 heteroatoms. The Bertz CT molecular complexity index is 762. The molecule has 33 heavy (non-hydrogen) atoms. The summed E-state index contributed by atoms with van der Waals surface area (Å²) in [5, 5.41) is 0. The highest BCUT2D eigenvalue weighted by Gasteiger charge is 2.43. The van der Waals surface area contributed by atoms with Crippen molar-refractivity contribution in [2.45, 2.75) is 51.6 Å². The number of nitrogens with zero attached hydrogens (tertiary/aromatic N) is 2. The van der Waals surface area contributed by atoms with Crippen LogP contribution in [0.25, 0.3) is 0 Å². The summed E-state index contributed by atoms with van der Waals surface area (Å²) in [6.07, 6.45) is 1.85. The van der Waals surface area contributed by atoms with Gasteiger partial charge in [0.05, 0.1) is 31.4 Å². The molecule has 184 valence electrons. The summed E-state index contributed by atoms with van der Waals surface area (Å²) in [6.45, 7) is 8.57. The van der Waals surface area contributed by atoms with Gasteiger partial charge in [-0.15, -0.1) is 0 Å². The molecule has 1 fully saturated rings. The van der Waals surface area contributed by atoms with Crippen LogP contribution >= 0.6 is 8.46 Å². The van der Waals surface area contributed by atoms with Gasteiger partial charge in [-0.05, 0) is 44.4 Å². The molecule has 1 heterocycles. The molecule has 2 unspecified atom stereocenters. The number of hydrogen-bond donors (Lipinski definition) is 1. The molecule has 0 aliphatic carbocycles. The van der Waals surface area contributed by atoms with Crippen LogP contribution in [-0.4, -0.2) is 73.8 Å². The highest BCUT2D eigenvalue weighted by Crippen LogP contribution is 2.38. The van der Waals surface area contributed by atoms with Crippen molar-refractivity contribution in [1.29, 1.82) is 0 Å². The molecule has 2 amide bonds. The van der Waals surface area contributed by atoms with Crippen LogP contribution in [0.4, 0.5) is 4.79 Å². The number of benzene rings is 1. The molecule has 1 aliphatic heterocycles. The monoisotopic (exact) mass is 482 g/mol. The fraction of sp³-hybridized carbons (Fsp3) is 0.652. The zero-order valence-electron chi connectivity index (χ0n) is 19.9. The lowest BCUT2D eigenvalue weighted by Crippen LogP contribution is -2.54. The van der Waals surface area contributed by atoms with Gasteiger partial charge in [-0.2, -0.15) is 0 Å². The van der Waals surface area contributed by atoms with Crippen molar-refractivity contribution in [1.82, 2.24) is 9.80 Å². The van der Waals surface area contributed by atoms with Crippen molar-refractivity contribution in [3.63, 3.8) is 0 Å². The number of carbonyl (C=O) groups excluding carboxylic acids is 2. The summed E-state index contributed by atoms with van der Waals surface area (Å²) in [4.78, 5) is 28.2. The maximum atomic E-state index is 12.8. The first kappa shape index (κ1) is 27.2. The lowest BCUT2D eigenvalue weighted by atomic mass is 10.0. The number of rotatable bonds is 12. The Morgan fingerprint density at radius 1 is 1.03 bits per heavy atom. The van der Waals surface area contributed by atoms with Crippen molar-refractivity contribution >= 4 is 20.5 Å². The second-order valence-corrected chi connectivity index (χ2v) is 8.73. The summed E-state index contributed by atoms with van der Waals surface area (Å²) < 4.78 is 28.4. The Kier molecular flexibility index (Phi) is 11.2. The molecule has 9 nitrogen and oxygen atoms in total. The van der Waals surface area contributed by atoms with Gasteiger partial charge in [0, 0.05) is 26.2 Å². The highest BCUT2D eigenvalue weighted by atomic mass is 31.1. The summed E-state index contributed by atoms with van der Waals surface area (Å²) in [7, 11) is -0.820. The van der Waals surface area contributed by atoms with Crippen LogP contribution in [0.2, 0.25) is 0 Å². The molecule has 1 aromatic carbocycles. The fourth-order valence-corrected chi connectivity index (χ4v) is 4.36. The van der Waals surface area contributed by atoms with Crippen molar-refractivity contribution < 1.29 is 28.4 Å². The lowest BCUT2D eigenvalue weighted by molar-refractivity contribution is -0.176. The number of ether oxygens (including phenoxy) is 3. The first-order valence-electron chi connectivity index (χ1n) is 11.6. The maximum Gasteiger partial charge on any atom is 0.409 e. The van der Waals surface area contributed by atoms with E-state index in [2.05, 4.69) is 0 Å². The van der Waals surface area contributed by atoms with Crippen LogP contribution in [0, 0.1) is 0 Å². The van der Waals surface area contributed by atoms with E-state index in [9.17, 15) is 14.2 Å². The number of hydrogen-bond acceptors (Lipinski definition) is 7. The molecule has 0 saturated carbocycles. The Balaban J connectivity index is 1.91. The molecule has 2 N–H and O–H groups in total. The van der Waals surface area contributed by atoms with Gasteiger partial charge in [-0.1, -0.05) is 30.0 Å². The number of carbonyl (C=O) groups is 2. The van der Waals surface area contributed by atoms with Gasteiger partial charge in [0.1, 0.15) is 0 Å². The van der Waals surface area contributed by atoms with Crippen LogP contribution in [0.1, 0.15) is 44.7 Å². The third kappa shape index (κ3) is 7.47. The fourth-order valence-electron chi connectivity index (χ4n) is 3.67. The molecule has 2 rings (SSSR count). The van der Waals surface area contributed by atoms with E-state index in [-0.39, 0.29) is 12.0 Å². The van der Waals surface area contributed by atoms with Crippen LogP contribution in [-0.2, 0) is 35.5 Å². The summed E-state index contributed by atoms with van der Waals surface area (Å²) in [6, 6.07) is 6.60. The zero-order valence-corrected chi connectivity index (χ0v) is 20.9. The predicted molar refractivity (Wildman–Crippen MR) is 126 cm³/mol. The molecular weight excluding hydrogens is 445 g/mol. The summed E-state index contributed by atoms with van der Waals surface area (Å²) in [5.74, 6) is -0.142. The Labute approximate surface area is 197 Å². The quantitative estimate of drug-likeness (QED) is 0.277. The zero-order chi connectivity index (χ0) is 24.3. The van der Waals surface area contributed by atoms with E-state index < -0.39 is 20.0 Å². The van der Waals surface area contributed by atoms with Gasteiger partial charge < -0.3 is 29.7 Å². The minimum Gasteiger partial charge on any atom is -0.449 e. The Hall–Kier alpha value is -2.06. The summed E-state index contributed by atoms with van der Waals surface area (Å²) in [5.41, 5.74) is 6.47. The number of unbranched alkanes of at least 4 members (excludes halogenated alkanes) is 1. The maximum absolute atomic E-state index is 12.8. The smallest absolute Gasteiger partial charge is 0.409 e. The summed E-state index contributed by atoms with van der Waals surface area (Å²) >= 11 is 0. The molecule has 1 aromatic rings. The highest BCUT2D eigenvalue weighted by molar-refractivity contribution is 7.24. The predicted octanol–water partition coefficient (Wildman–Crippen LogP) is 2.84. The minimum absolute atomic E-state index is 0.142. The van der Waals surface area contributed by atoms with E-state index in [1.165, 1.54) is 0 Å². The molecule has 1 saturated heterocycles. The first-order chi connectivity index (χ1) is 15.9. The molecule has 0 spiro atoms. The second kappa shape index (κ2) is 13.6. The van der Waals surface area contributed by atoms with E-state index in [1.54, 1.807) is 21.9 Å². The van der Waals surface area contributed by atoms with Crippen LogP contribution in [0.5, 0.6) is 0 Å². The van der Waals surface area contributed by atoms with E-state index in [0.717, 1.165) is 18.4 Å². The Morgan fingerprint density at radius 3 is 2.12 bits per heavy atom. The van der Waals surface area contributed by atoms with Gasteiger partial charge in [-0.25, -0.2) is 4.79 Å². The van der Waals surface area contributed by atoms with Crippen molar-refractivity contribution in [2.75, 3.05) is 46.0 Å². The van der Waals surface area contributed by atoms with Crippen LogP contribution in [0.3, 0.4) is 0 Å². The second-order valence-electron chi connectivity index (χ2n) is 7.87. The number of nitrogens with two attached hydrogens (primary N) is 1. The molecule has 1 aliphatic rings. The SMILES string of the molecule is CCCCOC(=O)N1CCN(C(=O)C(N)Cc2ccc(C(OCC)(OCC)[PH+]=O)cc2)CC1. The normalized spacial score (nSPS) is 15.5. The molecule has 0 aromatic heterocycles. The third-order valence-electron chi connectivity index (χ3n) is 5.51. The minimum atomic E-state index is -1.28. The molecular formula is C23H37N3O6P+. The lowest BCUT2D eigenvalue weighted by Gasteiger charge is -2.35. The van der Waals surface area contributed by atoms with Gasteiger partial charge in [0.25, 0.3) is 0 Å². The average Bonchev–Trinajstić information content (AvgIpc) is 2.84. The van der Waals surface area contributed by atoms with Crippen molar-refractivity contribution in [2.24, 2.45) is 5.73 Å². The topological polar surface area (TPSA) is 111 Å². The van der Waals surface area contributed by atoms with E-state index in [0.29, 0.717) is 58.0 Å². The van der Waals surface area contributed by atoms with Crippen molar-refractivity contribution in [3.05, 3.63) is 35.4 Å². The Morgan fingerprint density at radius 2 is 1.61 bits per heavy atom. The van der Waals surface area contributed by atoms with Gasteiger partial charge >= 0.3 is 20.1 Å². The number of piperazine rings is 1. The first-order valence-corrected chi connectivity index (χ1v) is 12.5. The van der Waals surface area contributed by atoms with E-state index >= 15 is 0 Å². The largest absolute Gasteiger partial charge is 0.449 e.